The second-order valence-electron chi connectivity index (χ2n) is 3.84. The number of alkyl halides is 3. The number of methoxy groups -OCH3 is 1. The summed E-state index contributed by atoms with van der Waals surface area (Å²) < 4.78 is 47.7. The molecule has 0 saturated carbocycles. The fourth-order valence-electron chi connectivity index (χ4n) is 1.44. The Morgan fingerprint density at radius 3 is 2.62 bits per heavy atom. The van der Waals surface area contributed by atoms with E-state index < -0.39 is 11.7 Å². The van der Waals surface area contributed by atoms with E-state index in [1.165, 1.54) is 19.6 Å². The van der Waals surface area contributed by atoms with Gasteiger partial charge in [0.2, 0.25) is 5.88 Å². The minimum atomic E-state index is -4.51. The van der Waals surface area contributed by atoms with Crippen molar-refractivity contribution in [2.45, 2.75) is 12.8 Å². The Balaban J connectivity index is 2.14. The van der Waals surface area contributed by atoms with Crippen LogP contribution in [0.15, 0.2) is 24.8 Å². The van der Waals surface area contributed by atoms with Crippen molar-refractivity contribution in [1.82, 2.24) is 15.0 Å². The van der Waals surface area contributed by atoms with E-state index in [2.05, 4.69) is 15.0 Å². The SMILES string of the molecule is COc1cncnc1COc1ncc(C(F)(F)F)cc1Cl. The van der Waals surface area contributed by atoms with Crippen LogP contribution in [0.3, 0.4) is 0 Å². The summed E-state index contributed by atoms with van der Waals surface area (Å²) in [4.78, 5) is 11.3. The molecule has 0 bridgehead atoms. The van der Waals surface area contributed by atoms with Crippen molar-refractivity contribution in [3.05, 3.63) is 41.1 Å². The Bertz CT molecular complexity index is 637. The summed E-state index contributed by atoms with van der Waals surface area (Å²) in [6, 6.07) is 0.751. The fraction of sp³-hybridized carbons (Fsp3) is 0.250. The summed E-state index contributed by atoms with van der Waals surface area (Å²) in [6.45, 7) is -0.0657. The molecule has 0 fully saturated rings. The van der Waals surface area contributed by atoms with Crippen LogP contribution < -0.4 is 9.47 Å². The van der Waals surface area contributed by atoms with E-state index in [1.807, 2.05) is 0 Å². The molecule has 0 atom stereocenters. The second-order valence-corrected chi connectivity index (χ2v) is 4.24. The number of hydrogen-bond acceptors (Lipinski definition) is 5. The van der Waals surface area contributed by atoms with Crippen LogP contribution >= 0.6 is 11.6 Å². The van der Waals surface area contributed by atoms with Gasteiger partial charge in [0.15, 0.2) is 5.75 Å². The molecular formula is C12H9ClF3N3O2. The van der Waals surface area contributed by atoms with Crippen LogP contribution in [0.5, 0.6) is 11.6 Å². The van der Waals surface area contributed by atoms with Gasteiger partial charge in [0.05, 0.1) is 18.9 Å². The molecule has 21 heavy (non-hydrogen) atoms. The fourth-order valence-corrected chi connectivity index (χ4v) is 1.67. The lowest BCUT2D eigenvalue weighted by molar-refractivity contribution is -0.137. The summed E-state index contributed by atoms with van der Waals surface area (Å²) in [6.07, 6.45) is -1.13. The first kappa shape index (κ1) is 15.3. The monoisotopic (exact) mass is 319 g/mol. The maximum absolute atomic E-state index is 12.5. The lowest BCUT2D eigenvalue weighted by Gasteiger charge is -2.11. The van der Waals surface area contributed by atoms with Gasteiger partial charge in [-0.3, -0.25) is 0 Å². The van der Waals surface area contributed by atoms with Crippen LogP contribution in [-0.2, 0) is 12.8 Å². The van der Waals surface area contributed by atoms with Crippen molar-refractivity contribution >= 4 is 11.6 Å². The average molecular weight is 320 g/mol. The number of hydrogen-bond donors (Lipinski definition) is 0. The maximum atomic E-state index is 12.5. The zero-order valence-corrected chi connectivity index (χ0v) is 11.4. The van der Waals surface area contributed by atoms with Crippen molar-refractivity contribution in [3.8, 4) is 11.6 Å². The highest BCUT2D eigenvalue weighted by Gasteiger charge is 2.31. The van der Waals surface area contributed by atoms with Crippen LogP contribution in [0.25, 0.3) is 0 Å². The first-order valence-electron chi connectivity index (χ1n) is 5.60. The molecule has 0 aliphatic rings. The van der Waals surface area contributed by atoms with Crippen LogP contribution in [0.2, 0.25) is 5.02 Å². The van der Waals surface area contributed by atoms with Gasteiger partial charge < -0.3 is 9.47 Å². The predicted molar refractivity (Wildman–Crippen MR) is 67.2 cm³/mol. The molecule has 2 rings (SSSR count). The molecule has 2 heterocycles. The molecule has 0 amide bonds. The molecule has 0 aliphatic carbocycles. The zero-order chi connectivity index (χ0) is 15.5. The molecule has 112 valence electrons. The van der Waals surface area contributed by atoms with Gasteiger partial charge in [0, 0.05) is 6.20 Å². The average Bonchev–Trinajstić information content (AvgIpc) is 2.45. The number of nitrogens with zero attached hydrogens (tertiary/aromatic N) is 3. The van der Waals surface area contributed by atoms with Crippen molar-refractivity contribution in [2.75, 3.05) is 7.11 Å². The summed E-state index contributed by atoms with van der Waals surface area (Å²) in [5, 5.41) is -0.238. The van der Waals surface area contributed by atoms with Crippen LogP contribution in [0.4, 0.5) is 13.2 Å². The van der Waals surface area contributed by atoms with Gasteiger partial charge in [-0.1, -0.05) is 11.6 Å². The van der Waals surface area contributed by atoms with E-state index in [0.717, 1.165) is 6.07 Å². The highest BCUT2D eigenvalue weighted by atomic mass is 35.5. The number of halogens is 4. The van der Waals surface area contributed by atoms with E-state index in [9.17, 15) is 13.2 Å². The third-order valence-corrected chi connectivity index (χ3v) is 2.73. The maximum Gasteiger partial charge on any atom is 0.417 e. The van der Waals surface area contributed by atoms with Crippen molar-refractivity contribution in [1.29, 1.82) is 0 Å². The van der Waals surface area contributed by atoms with Gasteiger partial charge in [-0.25, -0.2) is 15.0 Å². The largest absolute Gasteiger partial charge is 0.493 e. The topological polar surface area (TPSA) is 57.1 Å². The molecule has 5 nitrogen and oxygen atoms in total. The minimum Gasteiger partial charge on any atom is -0.493 e. The van der Waals surface area contributed by atoms with Gasteiger partial charge in [-0.2, -0.15) is 13.2 Å². The van der Waals surface area contributed by atoms with Gasteiger partial charge in [0.25, 0.3) is 0 Å². The molecule has 0 radical (unpaired) electrons. The van der Waals surface area contributed by atoms with Crippen LogP contribution in [0, 0.1) is 0 Å². The third kappa shape index (κ3) is 3.72. The van der Waals surface area contributed by atoms with Gasteiger partial charge in [-0.15, -0.1) is 0 Å². The highest BCUT2D eigenvalue weighted by molar-refractivity contribution is 6.31. The molecule has 0 N–H and O–H groups in total. The number of pyridine rings is 1. The van der Waals surface area contributed by atoms with Crippen LogP contribution in [-0.4, -0.2) is 22.1 Å². The quantitative estimate of drug-likeness (QED) is 0.866. The smallest absolute Gasteiger partial charge is 0.417 e. The van der Waals surface area contributed by atoms with Crippen molar-refractivity contribution in [3.63, 3.8) is 0 Å². The summed E-state index contributed by atoms with van der Waals surface area (Å²) in [5.41, 5.74) is -0.523. The van der Waals surface area contributed by atoms with E-state index >= 15 is 0 Å². The molecule has 0 spiro atoms. The van der Waals surface area contributed by atoms with Gasteiger partial charge in [-0.05, 0) is 6.07 Å². The highest BCUT2D eigenvalue weighted by Crippen LogP contribution is 2.33. The molecule has 0 aromatic carbocycles. The Labute approximate surface area is 122 Å². The molecule has 0 aliphatic heterocycles. The predicted octanol–water partition coefficient (Wildman–Crippen LogP) is 3.13. The Morgan fingerprint density at radius 2 is 2.00 bits per heavy atom. The van der Waals surface area contributed by atoms with Gasteiger partial charge in [0.1, 0.15) is 23.7 Å². The van der Waals surface area contributed by atoms with Gasteiger partial charge >= 0.3 is 6.18 Å². The summed E-state index contributed by atoms with van der Waals surface area (Å²) in [5.74, 6) is 0.269. The lowest BCUT2D eigenvalue weighted by atomic mass is 10.3. The molecular weight excluding hydrogens is 311 g/mol. The van der Waals surface area contributed by atoms with E-state index in [-0.39, 0.29) is 17.5 Å². The Hall–Kier alpha value is -2.09. The number of aromatic nitrogens is 3. The number of ether oxygens (including phenoxy) is 2. The summed E-state index contributed by atoms with van der Waals surface area (Å²) >= 11 is 5.72. The molecule has 0 unspecified atom stereocenters. The minimum absolute atomic E-state index is 0.0657. The van der Waals surface area contributed by atoms with Crippen molar-refractivity contribution < 1.29 is 22.6 Å². The van der Waals surface area contributed by atoms with E-state index in [4.69, 9.17) is 21.1 Å². The Morgan fingerprint density at radius 1 is 1.24 bits per heavy atom. The zero-order valence-electron chi connectivity index (χ0n) is 10.7. The first-order chi connectivity index (χ1) is 9.91. The van der Waals surface area contributed by atoms with Crippen molar-refractivity contribution in [2.24, 2.45) is 0 Å². The third-order valence-electron chi connectivity index (χ3n) is 2.46. The standard InChI is InChI=1S/C12H9ClF3N3O2/c1-20-10-4-17-6-19-9(10)5-21-11-8(13)2-7(3-18-11)12(14,15)16/h2-4,6H,5H2,1H3. The molecule has 2 aromatic rings. The lowest BCUT2D eigenvalue weighted by Crippen LogP contribution is -2.07. The molecule has 0 saturated heterocycles. The Kier molecular flexibility index (Phi) is 4.46. The molecule has 2 aromatic heterocycles. The van der Waals surface area contributed by atoms with Crippen LogP contribution in [0.1, 0.15) is 11.3 Å². The molecule has 9 heteroatoms. The second kappa shape index (κ2) is 6.13. The van der Waals surface area contributed by atoms with E-state index in [1.54, 1.807) is 0 Å². The summed E-state index contributed by atoms with van der Waals surface area (Å²) in [7, 11) is 1.44. The van der Waals surface area contributed by atoms with E-state index in [0.29, 0.717) is 17.6 Å². The number of rotatable bonds is 4. The first-order valence-corrected chi connectivity index (χ1v) is 5.98. The normalized spacial score (nSPS) is 11.3.